The van der Waals surface area contributed by atoms with E-state index in [0.29, 0.717) is 42.4 Å². The van der Waals surface area contributed by atoms with Crippen molar-refractivity contribution in [2.45, 2.75) is 57.9 Å². The number of amides is 2. The molecule has 1 fully saturated rings. The molecule has 1 aliphatic carbocycles. The topological polar surface area (TPSA) is 80.4 Å². The third-order valence-corrected chi connectivity index (χ3v) is 7.14. The SMILES string of the molecule is Cc1ccoc1C(=O)NC1CCN(C(=O)c2nn(-c3ccc(Cl)cc3)c3c2CCCCC3)CC1. The molecular formula is C26H29ClN4O3. The summed E-state index contributed by atoms with van der Waals surface area (Å²) >= 11 is 6.08. The smallest absolute Gasteiger partial charge is 0.287 e. The highest BCUT2D eigenvalue weighted by Crippen LogP contribution is 2.28. The fraction of sp³-hybridized carbons (Fsp3) is 0.423. The van der Waals surface area contributed by atoms with Gasteiger partial charge in [-0.3, -0.25) is 9.59 Å². The molecule has 8 heteroatoms. The van der Waals surface area contributed by atoms with Crippen molar-refractivity contribution in [2.75, 3.05) is 13.1 Å². The molecule has 5 rings (SSSR count). The van der Waals surface area contributed by atoms with Crippen molar-refractivity contribution < 1.29 is 14.0 Å². The van der Waals surface area contributed by atoms with Crippen molar-refractivity contribution in [3.05, 3.63) is 69.9 Å². The summed E-state index contributed by atoms with van der Waals surface area (Å²) in [6.07, 6.45) is 8.05. The van der Waals surface area contributed by atoms with Crippen molar-refractivity contribution in [3.63, 3.8) is 0 Å². The van der Waals surface area contributed by atoms with Gasteiger partial charge >= 0.3 is 0 Å². The Balaban J connectivity index is 1.31. The Labute approximate surface area is 204 Å². The number of halogens is 1. The molecule has 178 valence electrons. The maximum atomic E-state index is 13.6. The van der Waals surface area contributed by atoms with Crippen LogP contribution in [0.2, 0.25) is 5.02 Å². The number of aromatic nitrogens is 2. The van der Waals surface area contributed by atoms with E-state index in [4.69, 9.17) is 21.1 Å². The third-order valence-electron chi connectivity index (χ3n) is 6.89. The average molecular weight is 481 g/mol. The minimum absolute atomic E-state index is 0.0162. The van der Waals surface area contributed by atoms with E-state index in [-0.39, 0.29) is 17.9 Å². The number of furan rings is 1. The lowest BCUT2D eigenvalue weighted by molar-refractivity contribution is 0.0688. The van der Waals surface area contributed by atoms with Gasteiger partial charge in [0.25, 0.3) is 11.8 Å². The summed E-state index contributed by atoms with van der Waals surface area (Å²) in [7, 11) is 0. The molecule has 0 radical (unpaired) electrons. The van der Waals surface area contributed by atoms with Gasteiger partial charge in [0.05, 0.1) is 12.0 Å². The molecule has 7 nitrogen and oxygen atoms in total. The first-order valence-corrected chi connectivity index (χ1v) is 12.4. The highest BCUT2D eigenvalue weighted by Gasteiger charge is 2.31. The number of fused-ring (bicyclic) bond motifs is 1. The lowest BCUT2D eigenvalue weighted by Crippen LogP contribution is -2.46. The standard InChI is InChI=1S/C26H29ClN4O3/c1-17-13-16-34-24(17)25(32)28-19-11-14-30(15-12-19)26(33)23-21-5-3-2-4-6-22(21)31(29-23)20-9-7-18(27)8-10-20/h7-10,13,16,19H,2-6,11-12,14-15H2,1H3,(H,28,32). The predicted molar refractivity (Wildman–Crippen MR) is 130 cm³/mol. The van der Waals surface area contributed by atoms with Gasteiger partial charge in [0.15, 0.2) is 11.5 Å². The summed E-state index contributed by atoms with van der Waals surface area (Å²) in [6.45, 7) is 3.03. The first kappa shape index (κ1) is 22.7. The molecule has 2 amide bonds. The van der Waals surface area contributed by atoms with Gasteiger partial charge in [-0.15, -0.1) is 0 Å². The predicted octanol–water partition coefficient (Wildman–Crippen LogP) is 4.73. The molecule has 0 unspecified atom stereocenters. The van der Waals surface area contributed by atoms with Crippen LogP contribution in [-0.4, -0.2) is 45.6 Å². The van der Waals surface area contributed by atoms with E-state index < -0.39 is 0 Å². The number of likely N-dealkylation sites (tertiary alicyclic amines) is 1. The quantitative estimate of drug-likeness (QED) is 0.547. The van der Waals surface area contributed by atoms with E-state index in [2.05, 4.69) is 5.32 Å². The van der Waals surface area contributed by atoms with Crippen LogP contribution in [0.4, 0.5) is 0 Å². The van der Waals surface area contributed by atoms with Crippen LogP contribution in [-0.2, 0) is 12.8 Å². The summed E-state index contributed by atoms with van der Waals surface area (Å²) in [5.74, 6) is 0.144. The number of hydrogen-bond donors (Lipinski definition) is 1. The number of carbonyl (C=O) groups excluding carboxylic acids is 2. The van der Waals surface area contributed by atoms with Crippen LogP contribution >= 0.6 is 11.6 Å². The van der Waals surface area contributed by atoms with Gasteiger partial charge in [-0.05, 0) is 75.8 Å². The molecule has 0 bridgehead atoms. The first-order chi connectivity index (χ1) is 16.5. The van der Waals surface area contributed by atoms with E-state index in [1.54, 1.807) is 6.07 Å². The van der Waals surface area contributed by atoms with Gasteiger partial charge < -0.3 is 14.6 Å². The number of piperidine rings is 1. The molecule has 0 saturated carbocycles. The van der Waals surface area contributed by atoms with Gasteiger partial charge in [0, 0.05) is 41.0 Å². The molecule has 3 heterocycles. The van der Waals surface area contributed by atoms with E-state index in [1.165, 1.54) is 6.26 Å². The van der Waals surface area contributed by atoms with Gasteiger partial charge in [-0.2, -0.15) is 5.10 Å². The molecule has 34 heavy (non-hydrogen) atoms. The van der Waals surface area contributed by atoms with Crippen LogP contribution in [0.15, 0.2) is 41.0 Å². The molecule has 0 atom stereocenters. The summed E-state index contributed by atoms with van der Waals surface area (Å²) < 4.78 is 7.23. The number of nitrogens with one attached hydrogen (secondary N) is 1. The molecule has 3 aromatic rings. The zero-order valence-corrected chi connectivity index (χ0v) is 20.1. The molecule has 1 aliphatic heterocycles. The minimum Gasteiger partial charge on any atom is -0.459 e. The Bertz CT molecular complexity index is 1190. The van der Waals surface area contributed by atoms with Crippen LogP contribution in [0, 0.1) is 6.92 Å². The van der Waals surface area contributed by atoms with Crippen LogP contribution in [0.3, 0.4) is 0 Å². The second-order valence-corrected chi connectivity index (χ2v) is 9.63. The van der Waals surface area contributed by atoms with E-state index in [9.17, 15) is 9.59 Å². The number of aryl methyl sites for hydroxylation is 1. The molecule has 1 saturated heterocycles. The van der Waals surface area contributed by atoms with Crippen LogP contribution in [0.25, 0.3) is 5.69 Å². The average Bonchev–Trinajstić information content (AvgIpc) is 3.35. The number of benzene rings is 1. The monoisotopic (exact) mass is 480 g/mol. The van der Waals surface area contributed by atoms with Crippen molar-refractivity contribution in [3.8, 4) is 5.69 Å². The summed E-state index contributed by atoms with van der Waals surface area (Å²) in [6, 6.07) is 9.40. The van der Waals surface area contributed by atoms with Crippen LogP contribution in [0.1, 0.15) is 70.0 Å². The van der Waals surface area contributed by atoms with Gasteiger partial charge in [-0.25, -0.2) is 4.68 Å². The second-order valence-electron chi connectivity index (χ2n) is 9.20. The minimum atomic E-state index is -0.195. The number of rotatable bonds is 4. The Morgan fingerprint density at radius 2 is 1.79 bits per heavy atom. The Morgan fingerprint density at radius 1 is 1.06 bits per heavy atom. The summed E-state index contributed by atoms with van der Waals surface area (Å²) in [4.78, 5) is 27.9. The molecule has 2 aliphatic rings. The number of carbonyl (C=O) groups is 2. The Hall–Kier alpha value is -3.06. The van der Waals surface area contributed by atoms with E-state index in [0.717, 1.165) is 54.6 Å². The lowest BCUT2D eigenvalue weighted by atomic mass is 10.0. The normalized spacial score (nSPS) is 16.7. The fourth-order valence-electron chi connectivity index (χ4n) is 4.98. The Morgan fingerprint density at radius 3 is 2.50 bits per heavy atom. The maximum absolute atomic E-state index is 13.6. The number of nitrogens with zero attached hydrogens (tertiary/aromatic N) is 3. The van der Waals surface area contributed by atoms with Crippen molar-refractivity contribution >= 4 is 23.4 Å². The summed E-state index contributed by atoms with van der Waals surface area (Å²) in [5.41, 5.74) is 4.54. The highest BCUT2D eigenvalue weighted by molar-refractivity contribution is 6.30. The van der Waals surface area contributed by atoms with Crippen LogP contribution in [0.5, 0.6) is 0 Å². The van der Waals surface area contributed by atoms with Gasteiger partial charge in [0.1, 0.15) is 0 Å². The van der Waals surface area contributed by atoms with Crippen molar-refractivity contribution in [2.24, 2.45) is 0 Å². The third kappa shape index (κ3) is 4.49. The largest absolute Gasteiger partial charge is 0.459 e. The fourth-order valence-corrected chi connectivity index (χ4v) is 5.10. The van der Waals surface area contributed by atoms with E-state index >= 15 is 0 Å². The highest BCUT2D eigenvalue weighted by atomic mass is 35.5. The van der Waals surface area contributed by atoms with Crippen LogP contribution < -0.4 is 5.32 Å². The summed E-state index contributed by atoms with van der Waals surface area (Å²) in [5, 5.41) is 8.54. The molecular weight excluding hydrogens is 452 g/mol. The molecule has 2 aromatic heterocycles. The maximum Gasteiger partial charge on any atom is 0.287 e. The number of hydrogen-bond acceptors (Lipinski definition) is 4. The van der Waals surface area contributed by atoms with Gasteiger partial charge in [0.2, 0.25) is 0 Å². The lowest BCUT2D eigenvalue weighted by Gasteiger charge is -2.32. The molecule has 0 spiro atoms. The van der Waals surface area contributed by atoms with Crippen molar-refractivity contribution in [1.29, 1.82) is 0 Å². The Kier molecular flexibility index (Phi) is 6.46. The zero-order valence-electron chi connectivity index (χ0n) is 19.3. The molecule has 1 N–H and O–H groups in total. The van der Waals surface area contributed by atoms with Gasteiger partial charge in [-0.1, -0.05) is 18.0 Å². The first-order valence-electron chi connectivity index (χ1n) is 12.0. The zero-order chi connectivity index (χ0) is 23.7. The van der Waals surface area contributed by atoms with E-state index in [1.807, 2.05) is 40.8 Å². The van der Waals surface area contributed by atoms with Crippen molar-refractivity contribution in [1.82, 2.24) is 20.0 Å². The molecule has 1 aromatic carbocycles. The second kappa shape index (κ2) is 9.66.